The van der Waals surface area contributed by atoms with Crippen LogP contribution in [-0.2, 0) is 9.53 Å². The molecular formula is C14H18N6O2. The number of anilines is 1. The number of carbonyl (C=O) groups is 1. The van der Waals surface area contributed by atoms with Crippen LogP contribution in [0.15, 0.2) is 30.3 Å². The fourth-order valence-corrected chi connectivity index (χ4v) is 2.49. The van der Waals surface area contributed by atoms with Crippen molar-refractivity contribution in [2.75, 3.05) is 44.8 Å². The highest BCUT2D eigenvalue weighted by atomic mass is 16.5. The standard InChI is InChI=1S/C14H18N6O2/c1-22-11-13(21)18-7-9-19(10-8-18)14-15-16-17-20(14)12-5-3-2-4-6-12/h2-6H,7-11H2,1H3. The number of ether oxygens (including phenoxy) is 1. The van der Waals surface area contributed by atoms with Gasteiger partial charge in [0, 0.05) is 33.3 Å². The highest BCUT2D eigenvalue weighted by Crippen LogP contribution is 2.16. The van der Waals surface area contributed by atoms with E-state index in [1.165, 1.54) is 7.11 Å². The molecule has 0 atom stereocenters. The zero-order valence-corrected chi connectivity index (χ0v) is 12.4. The first-order valence-corrected chi connectivity index (χ1v) is 7.15. The van der Waals surface area contributed by atoms with Gasteiger partial charge >= 0.3 is 0 Å². The summed E-state index contributed by atoms with van der Waals surface area (Å²) in [6, 6.07) is 9.76. The third-order valence-electron chi connectivity index (χ3n) is 3.64. The van der Waals surface area contributed by atoms with Gasteiger partial charge in [-0.3, -0.25) is 4.79 Å². The summed E-state index contributed by atoms with van der Waals surface area (Å²) in [5.41, 5.74) is 0.917. The van der Waals surface area contributed by atoms with Gasteiger partial charge in [-0.2, -0.15) is 4.68 Å². The molecule has 2 heterocycles. The van der Waals surface area contributed by atoms with Crippen LogP contribution in [0.25, 0.3) is 5.69 Å². The van der Waals surface area contributed by atoms with E-state index in [1.54, 1.807) is 9.58 Å². The van der Waals surface area contributed by atoms with Gasteiger partial charge in [-0.15, -0.1) is 0 Å². The van der Waals surface area contributed by atoms with E-state index in [-0.39, 0.29) is 12.5 Å². The van der Waals surface area contributed by atoms with E-state index in [0.717, 1.165) is 5.69 Å². The van der Waals surface area contributed by atoms with E-state index in [1.807, 2.05) is 30.3 Å². The molecule has 1 aromatic carbocycles. The van der Waals surface area contributed by atoms with Crippen molar-refractivity contribution < 1.29 is 9.53 Å². The summed E-state index contributed by atoms with van der Waals surface area (Å²) in [7, 11) is 1.53. The molecule has 0 N–H and O–H groups in total. The normalized spacial score (nSPS) is 15.1. The number of aromatic nitrogens is 4. The summed E-state index contributed by atoms with van der Waals surface area (Å²) in [5, 5.41) is 12.0. The van der Waals surface area contributed by atoms with Gasteiger partial charge in [0.05, 0.1) is 5.69 Å². The van der Waals surface area contributed by atoms with Crippen LogP contribution in [-0.4, -0.2) is 70.9 Å². The van der Waals surface area contributed by atoms with Crippen molar-refractivity contribution in [1.82, 2.24) is 25.1 Å². The zero-order chi connectivity index (χ0) is 15.4. The Morgan fingerprint density at radius 3 is 2.59 bits per heavy atom. The number of carbonyl (C=O) groups excluding carboxylic acids is 1. The monoisotopic (exact) mass is 302 g/mol. The minimum atomic E-state index is 0.0183. The molecular weight excluding hydrogens is 284 g/mol. The van der Waals surface area contributed by atoms with Crippen LogP contribution in [0.1, 0.15) is 0 Å². The molecule has 1 saturated heterocycles. The number of hydrogen-bond acceptors (Lipinski definition) is 6. The van der Waals surface area contributed by atoms with Gasteiger partial charge in [0.15, 0.2) is 0 Å². The molecule has 0 radical (unpaired) electrons. The molecule has 8 nitrogen and oxygen atoms in total. The van der Waals surface area contributed by atoms with Gasteiger partial charge in [-0.05, 0) is 22.6 Å². The SMILES string of the molecule is COCC(=O)N1CCN(c2nnnn2-c2ccccc2)CC1. The summed E-state index contributed by atoms with van der Waals surface area (Å²) in [5.74, 6) is 0.717. The summed E-state index contributed by atoms with van der Waals surface area (Å²) >= 11 is 0. The third kappa shape index (κ3) is 2.91. The van der Waals surface area contributed by atoms with Gasteiger partial charge in [0.2, 0.25) is 11.9 Å². The number of amides is 1. The van der Waals surface area contributed by atoms with E-state index in [4.69, 9.17) is 4.74 Å². The molecule has 1 aliphatic rings. The quantitative estimate of drug-likeness (QED) is 0.788. The van der Waals surface area contributed by atoms with Gasteiger partial charge in [0.25, 0.3) is 0 Å². The topological polar surface area (TPSA) is 76.4 Å². The molecule has 0 aliphatic carbocycles. The summed E-state index contributed by atoms with van der Waals surface area (Å²) in [4.78, 5) is 15.7. The Morgan fingerprint density at radius 1 is 1.18 bits per heavy atom. The maximum Gasteiger partial charge on any atom is 0.250 e. The van der Waals surface area contributed by atoms with Crippen molar-refractivity contribution in [3.05, 3.63) is 30.3 Å². The molecule has 22 heavy (non-hydrogen) atoms. The number of hydrogen-bond donors (Lipinski definition) is 0. The number of tetrazole rings is 1. The molecule has 8 heteroatoms. The second-order valence-electron chi connectivity index (χ2n) is 5.03. The van der Waals surface area contributed by atoms with Gasteiger partial charge in [0.1, 0.15) is 6.61 Å². The average Bonchev–Trinajstić information content (AvgIpc) is 3.06. The third-order valence-corrected chi connectivity index (χ3v) is 3.64. The molecule has 3 rings (SSSR count). The van der Waals surface area contributed by atoms with Crippen molar-refractivity contribution >= 4 is 11.9 Å². The van der Waals surface area contributed by atoms with Crippen molar-refractivity contribution in [3.63, 3.8) is 0 Å². The lowest BCUT2D eigenvalue weighted by Gasteiger charge is -2.34. The predicted octanol–water partition coefficient (Wildman–Crippen LogP) is -0.0427. The molecule has 2 aromatic rings. The number of nitrogens with zero attached hydrogens (tertiary/aromatic N) is 6. The van der Waals surface area contributed by atoms with E-state index >= 15 is 0 Å². The molecule has 116 valence electrons. The molecule has 1 fully saturated rings. The molecule has 0 unspecified atom stereocenters. The Labute approximate surface area is 128 Å². The van der Waals surface area contributed by atoms with Crippen LogP contribution < -0.4 is 4.90 Å². The van der Waals surface area contributed by atoms with Gasteiger partial charge in [-0.25, -0.2) is 0 Å². The van der Waals surface area contributed by atoms with Crippen LogP contribution in [0, 0.1) is 0 Å². The first-order chi connectivity index (χ1) is 10.8. The molecule has 0 bridgehead atoms. The van der Waals surface area contributed by atoms with E-state index < -0.39 is 0 Å². The first-order valence-electron chi connectivity index (χ1n) is 7.15. The number of rotatable bonds is 4. The van der Waals surface area contributed by atoms with Crippen molar-refractivity contribution in [3.8, 4) is 5.69 Å². The maximum absolute atomic E-state index is 11.8. The largest absolute Gasteiger partial charge is 0.375 e. The summed E-state index contributed by atoms with van der Waals surface area (Å²) in [6.07, 6.45) is 0. The highest BCUT2D eigenvalue weighted by molar-refractivity contribution is 5.77. The Balaban J connectivity index is 1.70. The Morgan fingerprint density at radius 2 is 1.91 bits per heavy atom. The zero-order valence-electron chi connectivity index (χ0n) is 12.4. The van der Waals surface area contributed by atoms with Crippen LogP contribution in [0.4, 0.5) is 5.95 Å². The molecule has 1 amide bonds. The van der Waals surface area contributed by atoms with Crippen molar-refractivity contribution in [2.45, 2.75) is 0 Å². The Hall–Kier alpha value is -2.48. The smallest absolute Gasteiger partial charge is 0.250 e. The van der Waals surface area contributed by atoms with Crippen molar-refractivity contribution in [2.24, 2.45) is 0 Å². The fraction of sp³-hybridized carbons (Fsp3) is 0.429. The molecule has 0 saturated carbocycles. The lowest BCUT2D eigenvalue weighted by molar-refractivity contribution is -0.135. The average molecular weight is 302 g/mol. The number of methoxy groups -OCH3 is 1. The Bertz CT molecular complexity index is 621. The second kappa shape index (κ2) is 6.52. The second-order valence-corrected chi connectivity index (χ2v) is 5.03. The fourth-order valence-electron chi connectivity index (χ4n) is 2.49. The number of piperazine rings is 1. The van der Waals surface area contributed by atoms with Gasteiger partial charge < -0.3 is 14.5 Å². The molecule has 1 aliphatic heterocycles. The van der Waals surface area contributed by atoms with Crippen LogP contribution in [0.2, 0.25) is 0 Å². The van der Waals surface area contributed by atoms with E-state index in [9.17, 15) is 4.79 Å². The maximum atomic E-state index is 11.8. The Kier molecular flexibility index (Phi) is 4.29. The molecule has 0 spiro atoms. The van der Waals surface area contributed by atoms with Gasteiger partial charge in [-0.1, -0.05) is 23.3 Å². The van der Waals surface area contributed by atoms with Crippen LogP contribution in [0.3, 0.4) is 0 Å². The lowest BCUT2D eigenvalue weighted by atomic mass is 10.3. The molecule has 1 aromatic heterocycles. The number of para-hydroxylation sites is 1. The highest BCUT2D eigenvalue weighted by Gasteiger charge is 2.24. The van der Waals surface area contributed by atoms with E-state index in [2.05, 4.69) is 20.4 Å². The first kappa shape index (κ1) is 14.5. The number of benzene rings is 1. The van der Waals surface area contributed by atoms with Crippen molar-refractivity contribution in [1.29, 1.82) is 0 Å². The van der Waals surface area contributed by atoms with E-state index in [0.29, 0.717) is 32.1 Å². The predicted molar refractivity (Wildman–Crippen MR) is 79.8 cm³/mol. The van der Waals surface area contributed by atoms with Crippen LogP contribution >= 0.6 is 0 Å². The summed E-state index contributed by atoms with van der Waals surface area (Å²) < 4.78 is 6.61. The van der Waals surface area contributed by atoms with Crippen LogP contribution in [0.5, 0.6) is 0 Å². The lowest BCUT2D eigenvalue weighted by Crippen LogP contribution is -2.50. The minimum Gasteiger partial charge on any atom is -0.375 e. The summed E-state index contributed by atoms with van der Waals surface area (Å²) in [6.45, 7) is 2.81. The minimum absolute atomic E-state index is 0.0183.